The number of rotatable bonds is 15. The lowest BCUT2D eigenvalue weighted by Crippen LogP contribution is -2.78. The molecule has 0 radical (unpaired) electrons. The maximum atomic E-state index is 13.6. The molecule has 8 aliphatic rings. The first-order chi connectivity index (χ1) is 36.0. The molecule has 0 bridgehead atoms. The Bertz CT molecular complexity index is 2240. The zero-order valence-corrected chi connectivity index (χ0v) is 45.8. The Morgan fingerprint density at radius 3 is 1.78 bits per heavy atom. The Balaban J connectivity index is 0.798. The maximum Gasteiger partial charge on any atom is 0.331 e. The van der Waals surface area contributed by atoms with E-state index in [4.69, 9.17) is 56.8 Å². The van der Waals surface area contributed by atoms with E-state index in [-0.39, 0.29) is 44.3 Å². The maximum absolute atomic E-state index is 13.6. The second-order valence-corrected chi connectivity index (χ2v) is 23.4. The molecule has 7 fully saturated rings. The van der Waals surface area contributed by atoms with Gasteiger partial charge in [-0.1, -0.05) is 48.9 Å². The lowest BCUT2D eigenvalue weighted by Gasteiger charge is -2.67. The Kier molecular flexibility index (Phi) is 17.2. The van der Waals surface area contributed by atoms with E-state index in [1.807, 2.05) is 57.2 Å². The Morgan fingerprint density at radius 1 is 0.671 bits per heavy atom. The van der Waals surface area contributed by atoms with E-state index < -0.39 is 144 Å². The van der Waals surface area contributed by atoms with E-state index in [0.717, 1.165) is 11.1 Å². The lowest BCUT2D eigenvalue weighted by molar-refractivity contribution is -0.346. The molecule has 0 amide bonds. The minimum Gasteiger partial charge on any atom is -0.458 e. The van der Waals surface area contributed by atoms with Gasteiger partial charge in [0.05, 0.1) is 60.4 Å². The number of Topliss-reactive ketones (excluding diaryl/α,β-unsaturated/α-hetero) is 1. The molecule has 4 aliphatic carbocycles. The summed E-state index contributed by atoms with van der Waals surface area (Å²) in [4.78, 5) is 26.9. The minimum absolute atomic E-state index is 0.0615. The first-order valence-electron chi connectivity index (χ1n) is 27.5. The van der Waals surface area contributed by atoms with Crippen molar-refractivity contribution in [3.05, 3.63) is 53.6 Å². The van der Waals surface area contributed by atoms with E-state index in [9.17, 15) is 35.1 Å². The second-order valence-electron chi connectivity index (χ2n) is 23.4. The summed E-state index contributed by atoms with van der Waals surface area (Å²) in [5, 5.41) is 60.1. The van der Waals surface area contributed by atoms with Crippen molar-refractivity contribution in [2.75, 3.05) is 21.3 Å². The number of esters is 1. The van der Waals surface area contributed by atoms with Crippen LogP contribution in [-0.2, 0) is 66.4 Å². The lowest BCUT2D eigenvalue weighted by atomic mass is 9.42. The molecule has 24 atom stereocenters. The van der Waals surface area contributed by atoms with Gasteiger partial charge in [0, 0.05) is 59.0 Å². The second kappa shape index (κ2) is 22.6. The van der Waals surface area contributed by atoms with E-state index in [1.54, 1.807) is 41.3 Å². The zero-order valence-electron chi connectivity index (χ0n) is 45.8. The summed E-state index contributed by atoms with van der Waals surface area (Å²) in [5.41, 5.74) is -6.35. The number of aliphatic hydroxyl groups excluding tert-OH is 2. The van der Waals surface area contributed by atoms with Crippen molar-refractivity contribution >= 4 is 17.8 Å². The molecule has 0 aromatic heterocycles. The van der Waals surface area contributed by atoms with Crippen LogP contribution in [0, 0.1) is 16.7 Å². The molecule has 1 aromatic carbocycles. The molecule has 0 unspecified atom stereocenters. The predicted molar refractivity (Wildman–Crippen MR) is 271 cm³/mol. The Hall–Kier alpha value is -2.80. The van der Waals surface area contributed by atoms with Crippen LogP contribution in [0.1, 0.15) is 125 Å². The standard InChI is InChI=1S/C57H84O19/c1-30-49(61)39(65-8)26-46(68-30)75-51-33(4)71-48(28-41(51)67-10)76-52-32(3)70-47(27-40(52)66-9)74-50-31(2)69-45(25-38(50)59)72-37-19-20-53(6)36(24-37)18-21-56(63)42(53)29-43(73-44(60)17-16-35-14-12-11-13-15-35)54(7)55(62,34(5)58)22-23-57(54,56)64/h11-18,30-33,37-43,45-52,59,61-64H,19-29H2,1-10H3/b17-16+/t30-,31-,32-,33-,37+,38+,39-,40+,41-,42-,43-,45+,46+,47+,48+,49-,50-,51-,52-,53+,54-,55-,56+,57-/m1/s1. The summed E-state index contributed by atoms with van der Waals surface area (Å²) in [6.45, 7) is 12.3. The fourth-order valence-electron chi connectivity index (χ4n) is 14.8. The molecule has 1 aromatic rings. The number of ether oxygens (including phenoxy) is 12. The number of carbonyl (C=O) groups is 2. The highest BCUT2D eigenvalue weighted by Gasteiger charge is 2.81. The van der Waals surface area contributed by atoms with Crippen molar-refractivity contribution in [2.45, 2.75) is 247 Å². The summed E-state index contributed by atoms with van der Waals surface area (Å²) < 4.78 is 74.7. The van der Waals surface area contributed by atoms with Crippen molar-refractivity contribution in [3.8, 4) is 0 Å². The van der Waals surface area contributed by atoms with Gasteiger partial charge in [-0.3, -0.25) is 4.79 Å². The van der Waals surface area contributed by atoms with Gasteiger partial charge in [-0.15, -0.1) is 0 Å². The molecule has 19 nitrogen and oxygen atoms in total. The van der Waals surface area contributed by atoms with Gasteiger partial charge in [-0.05, 0) is 104 Å². The molecule has 4 saturated heterocycles. The number of ketones is 1. The van der Waals surface area contributed by atoms with Crippen LogP contribution in [0.2, 0.25) is 0 Å². The van der Waals surface area contributed by atoms with Gasteiger partial charge in [0.15, 0.2) is 30.9 Å². The monoisotopic (exact) mass is 1070 g/mol. The highest BCUT2D eigenvalue weighted by Crippen LogP contribution is 2.71. The third kappa shape index (κ3) is 10.3. The number of hydrogen-bond donors (Lipinski definition) is 5. The molecule has 4 heterocycles. The topological polar surface area (TPSA) is 246 Å². The van der Waals surface area contributed by atoms with Crippen LogP contribution >= 0.6 is 0 Å². The average molecular weight is 1070 g/mol. The molecule has 426 valence electrons. The number of aliphatic hydroxyl groups is 5. The molecule has 0 spiro atoms. The molecule has 4 aliphatic heterocycles. The molecule has 76 heavy (non-hydrogen) atoms. The fourth-order valence-corrected chi connectivity index (χ4v) is 14.8. The van der Waals surface area contributed by atoms with Crippen LogP contribution in [-0.4, -0.2) is 186 Å². The van der Waals surface area contributed by atoms with Crippen molar-refractivity contribution in [1.82, 2.24) is 0 Å². The molecular formula is C57H84O19. The van der Waals surface area contributed by atoms with E-state index in [0.29, 0.717) is 38.5 Å². The number of benzene rings is 1. The third-order valence-corrected chi connectivity index (χ3v) is 19.3. The summed E-state index contributed by atoms with van der Waals surface area (Å²) in [7, 11) is 4.78. The molecular weight excluding hydrogens is 989 g/mol. The Labute approximate surface area is 446 Å². The fraction of sp³-hybridized carbons (Fsp3) is 0.789. The van der Waals surface area contributed by atoms with E-state index in [1.165, 1.54) is 13.0 Å². The highest BCUT2D eigenvalue weighted by molar-refractivity contribution is 5.88. The quantitative estimate of drug-likeness (QED) is 0.0917. The first-order valence-corrected chi connectivity index (χ1v) is 27.5. The van der Waals surface area contributed by atoms with Crippen LogP contribution < -0.4 is 0 Å². The number of methoxy groups -OCH3 is 3. The number of hydrogen-bond acceptors (Lipinski definition) is 19. The van der Waals surface area contributed by atoms with Crippen LogP contribution in [0.25, 0.3) is 6.08 Å². The summed E-state index contributed by atoms with van der Waals surface area (Å²) in [6.07, 6.45) is -3.15. The number of carbonyl (C=O) groups excluding carboxylic acids is 2. The SMILES string of the molecule is CO[C@H]1C[C@H](O[C@H]2[C@@H](O)C[C@H](O[C@H]3CC[C@@]4(C)C(=CC[C@]5(O)[C@@H]4C[C@@H](OC(=O)/C=C/c4ccccc4)[C@@]4(C)[C@]5(O)CC[C@@]4(O)C(C)=O)C3)O[C@@H]2C)O[C@H](C)[C@H]1O[C@H]1C[C@@H](OC)[C@H](O[C@H]2C[C@@H](OC)[C@H](O)[C@@H](C)O2)[C@@H](C)O1. The van der Waals surface area contributed by atoms with Crippen molar-refractivity contribution in [3.63, 3.8) is 0 Å². The largest absolute Gasteiger partial charge is 0.458 e. The Morgan fingerprint density at radius 2 is 1.21 bits per heavy atom. The summed E-state index contributed by atoms with van der Waals surface area (Å²) >= 11 is 0. The van der Waals surface area contributed by atoms with E-state index >= 15 is 0 Å². The molecule has 5 N–H and O–H groups in total. The predicted octanol–water partition coefficient (Wildman–Crippen LogP) is 4.58. The van der Waals surface area contributed by atoms with Gasteiger partial charge in [0.1, 0.15) is 47.3 Å². The summed E-state index contributed by atoms with van der Waals surface area (Å²) in [6, 6.07) is 9.27. The molecule has 19 heteroatoms. The van der Waals surface area contributed by atoms with Crippen LogP contribution in [0.5, 0.6) is 0 Å². The minimum atomic E-state index is -2.06. The van der Waals surface area contributed by atoms with Crippen molar-refractivity contribution in [2.24, 2.45) is 16.7 Å². The smallest absolute Gasteiger partial charge is 0.331 e. The van der Waals surface area contributed by atoms with Gasteiger partial charge in [-0.2, -0.15) is 0 Å². The van der Waals surface area contributed by atoms with E-state index in [2.05, 4.69) is 6.92 Å². The van der Waals surface area contributed by atoms with Gasteiger partial charge < -0.3 is 82.4 Å². The van der Waals surface area contributed by atoms with Gasteiger partial charge in [-0.25, -0.2) is 4.79 Å². The van der Waals surface area contributed by atoms with Gasteiger partial charge in [0.25, 0.3) is 0 Å². The zero-order chi connectivity index (χ0) is 54.7. The summed E-state index contributed by atoms with van der Waals surface area (Å²) in [5.74, 6) is -1.84. The average Bonchev–Trinajstić information content (AvgIpc) is 3.65. The molecule has 3 saturated carbocycles. The normalized spacial score (nSPS) is 48.6. The first kappa shape index (κ1) is 57.9. The van der Waals surface area contributed by atoms with Crippen molar-refractivity contribution in [1.29, 1.82) is 0 Å². The molecule has 9 rings (SSSR count). The van der Waals surface area contributed by atoms with Crippen molar-refractivity contribution < 1.29 is 92.0 Å². The number of fused-ring (bicyclic) bond motifs is 5. The van der Waals surface area contributed by atoms with Crippen LogP contribution in [0.15, 0.2) is 48.1 Å². The van der Waals surface area contributed by atoms with Gasteiger partial charge >= 0.3 is 5.97 Å². The van der Waals surface area contributed by atoms with Crippen LogP contribution in [0.4, 0.5) is 0 Å². The van der Waals surface area contributed by atoms with Gasteiger partial charge in [0.2, 0.25) is 0 Å². The highest BCUT2D eigenvalue weighted by atomic mass is 16.8. The van der Waals surface area contributed by atoms with Crippen LogP contribution in [0.3, 0.4) is 0 Å². The third-order valence-electron chi connectivity index (χ3n) is 19.3.